The molecular weight excluding hydrogens is 357 g/mol. The Kier molecular flexibility index (Phi) is 6.37. The van der Waals surface area contributed by atoms with E-state index in [0.29, 0.717) is 6.04 Å². The van der Waals surface area contributed by atoms with Gasteiger partial charge in [0.05, 0.1) is 6.04 Å². The molecule has 0 aliphatic carbocycles. The first kappa shape index (κ1) is 15.4. The monoisotopic (exact) mass is 379 g/mol. The molecule has 1 N–H and O–H groups in total. The molecule has 0 fully saturated rings. The minimum atomic E-state index is 0.405. The second-order valence-corrected chi connectivity index (χ2v) is 6.36. The lowest BCUT2D eigenvalue weighted by Gasteiger charge is -2.20. The number of hydrogen-bond donors (Lipinski definition) is 1. The van der Waals surface area contributed by atoms with E-state index in [1.54, 1.807) is 0 Å². The summed E-state index contributed by atoms with van der Waals surface area (Å²) in [4.78, 5) is 0. The van der Waals surface area contributed by atoms with Crippen LogP contribution in [0.4, 0.5) is 5.69 Å². The molecule has 0 saturated carbocycles. The molecule has 0 aliphatic rings. The highest BCUT2D eigenvalue weighted by molar-refractivity contribution is 14.1. The molecule has 2 rings (SSSR count). The van der Waals surface area contributed by atoms with Gasteiger partial charge in [-0.3, -0.25) is 0 Å². The highest BCUT2D eigenvalue weighted by Crippen LogP contribution is 2.25. The van der Waals surface area contributed by atoms with Gasteiger partial charge < -0.3 is 5.32 Å². The van der Waals surface area contributed by atoms with Crippen molar-refractivity contribution in [2.75, 3.05) is 5.32 Å². The van der Waals surface area contributed by atoms with Crippen LogP contribution in [-0.4, -0.2) is 0 Å². The largest absolute Gasteiger partial charge is 0.378 e. The number of unbranched alkanes of at least 4 members (excludes halogenated alkanes) is 2. The number of nitrogens with one attached hydrogen (secondary N) is 1. The van der Waals surface area contributed by atoms with Gasteiger partial charge in [0.15, 0.2) is 0 Å². The molecule has 1 atom stereocenters. The fourth-order valence-electron chi connectivity index (χ4n) is 2.35. The van der Waals surface area contributed by atoms with Crippen LogP contribution < -0.4 is 5.32 Å². The van der Waals surface area contributed by atoms with Crippen molar-refractivity contribution in [2.45, 2.75) is 38.6 Å². The van der Waals surface area contributed by atoms with E-state index < -0.39 is 0 Å². The second kappa shape index (κ2) is 8.30. The Morgan fingerprint density at radius 1 is 0.950 bits per heavy atom. The molecule has 20 heavy (non-hydrogen) atoms. The summed E-state index contributed by atoms with van der Waals surface area (Å²) in [5, 5.41) is 3.68. The number of hydrogen-bond acceptors (Lipinski definition) is 1. The zero-order chi connectivity index (χ0) is 14.2. The number of rotatable bonds is 7. The number of halogens is 1. The summed E-state index contributed by atoms with van der Waals surface area (Å²) in [7, 11) is 0. The minimum Gasteiger partial charge on any atom is -0.378 e. The summed E-state index contributed by atoms with van der Waals surface area (Å²) in [6.07, 6.45) is 5.03. The molecule has 106 valence electrons. The third kappa shape index (κ3) is 4.82. The maximum atomic E-state index is 3.68. The van der Waals surface area contributed by atoms with Crippen LogP contribution >= 0.6 is 22.6 Å². The average Bonchev–Trinajstić information content (AvgIpc) is 2.49. The molecule has 0 heterocycles. The molecule has 2 aromatic rings. The molecular formula is C18H22IN. The first-order chi connectivity index (χ1) is 9.79. The van der Waals surface area contributed by atoms with E-state index in [0.717, 1.165) is 0 Å². The van der Waals surface area contributed by atoms with Gasteiger partial charge in [-0.25, -0.2) is 0 Å². The van der Waals surface area contributed by atoms with Gasteiger partial charge in [0, 0.05) is 9.26 Å². The van der Waals surface area contributed by atoms with Gasteiger partial charge in [-0.2, -0.15) is 0 Å². The standard InChI is InChI=1S/C18H22IN/c1-2-3-5-10-18(15-8-6-4-7-9-15)20-17-13-11-16(19)12-14-17/h4,6-9,11-14,18,20H,2-3,5,10H2,1H3. The van der Waals surface area contributed by atoms with Crippen LogP contribution in [0.1, 0.15) is 44.2 Å². The Hall–Kier alpha value is -1.03. The Morgan fingerprint density at radius 3 is 2.30 bits per heavy atom. The van der Waals surface area contributed by atoms with Crippen molar-refractivity contribution in [3.8, 4) is 0 Å². The third-order valence-corrected chi connectivity index (χ3v) is 4.20. The molecule has 1 nitrogen and oxygen atoms in total. The van der Waals surface area contributed by atoms with Gasteiger partial charge in [0.25, 0.3) is 0 Å². The third-order valence-electron chi connectivity index (χ3n) is 3.48. The van der Waals surface area contributed by atoms with E-state index >= 15 is 0 Å². The zero-order valence-corrected chi connectivity index (χ0v) is 14.1. The summed E-state index contributed by atoms with van der Waals surface area (Å²) < 4.78 is 1.27. The van der Waals surface area contributed by atoms with Crippen LogP contribution in [0, 0.1) is 3.57 Å². The normalized spacial score (nSPS) is 12.1. The maximum absolute atomic E-state index is 3.68. The lowest BCUT2D eigenvalue weighted by atomic mass is 10.00. The molecule has 0 aromatic heterocycles. The lowest BCUT2D eigenvalue weighted by molar-refractivity contribution is 0.606. The van der Waals surface area contributed by atoms with Crippen LogP contribution in [0.2, 0.25) is 0 Å². The van der Waals surface area contributed by atoms with Crippen molar-refractivity contribution >= 4 is 28.3 Å². The van der Waals surface area contributed by atoms with E-state index in [9.17, 15) is 0 Å². The van der Waals surface area contributed by atoms with Crippen molar-refractivity contribution < 1.29 is 0 Å². The first-order valence-electron chi connectivity index (χ1n) is 7.36. The van der Waals surface area contributed by atoms with Crippen molar-refractivity contribution in [1.82, 2.24) is 0 Å². The van der Waals surface area contributed by atoms with Crippen molar-refractivity contribution in [2.24, 2.45) is 0 Å². The van der Waals surface area contributed by atoms with E-state index in [4.69, 9.17) is 0 Å². The fourth-order valence-corrected chi connectivity index (χ4v) is 2.71. The summed E-state index contributed by atoms with van der Waals surface area (Å²) >= 11 is 2.34. The van der Waals surface area contributed by atoms with Gasteiger partial charge in [-0.15, -0.1) is 0 Å². The van der Waals surface area contributed by atoms with E-state index in [1.807, 2.05) is 0 Å². The van der Waals surface area contributed by atoms with Crippen molar-refractivity contribution in [3.63, 3.8) is 0 Å². The van der Waals surface area contributed by atoms with Crippen molar-refractivity contribution in [3.05, 3.63) is 63.7 Å². The predicted molar refractivity (Wildman–Crippen MR) is 96.1 cm³/mol. The quantitative estimate of drug-likeness (QED) is 0.458. The van der Waals surface area contributed by atoms with E-state index in [-0.39, 0.29) is 0 Å². The Bertz CT molecular complexity index is 493. The minimum absolute atomic E-state index is 0.405. The molecule has 2 heteroatoms. The molecule has 0 saturated heterocycles. The Balaban J connectivity index is 2.07. The van der Waals surface area contributed by atoms with Gasteiger partial charge in [0.2, 0.25) is 0 Å². The van der Waals surface area contributed by atoms with Crippen LogP contribution in [-0.2, 0) is 0 Å². The van der Waals surface area contributed by atoms with Crippen LogP contribution in [0.5, 0.6) is 0 Å². The average molecular weight is 379 g/mol. The lowest BCUT2D eigenvalue weighted by Crippen LogP contribution is -2.10. The second-order valence-electron chi connectivity index (χ2n) is 5.11. The molecule has 0 spiro atoms. The maximum Gasteiger partial charge on any atom is 0.0513 e. The van der Waals surface area contributed by atoms with E-state index in [1.165, 1.54) is 40.5 Å². The molecule has 2 aromatic carbocycles. The first-order valence-corrected chi connectivity index (χ1v) is 8.44. The zero-order valence-electron chi connectivity index (χ0n) is 12.0. The van der Waals surface area contributed by atoms with Gasteiger partial charge >= 0.3 is 0 Å². The van der Waals surface area contributed by atoms with Crippen LogP contribution in [0.25, 0.3) is 0 Å². The molecule has 1 unspecified atom stereocenters. The summed E-state index contributed by atoms with van der Waals surface area (Å²) in [5.74, 6) is 0. The molecule has 0 aliphatic heterocycles. The van der Waals surface area contributed by atoms with Gasteiger partial charge in [0.1, 0.15) is 0 Å². The summed E-state index contributed by atoms with van der Waals surface area (Å²) in [6, 6.07) is 19.8. The smallest absolute Gasteiger partial charge is 0.0513 e. The van der Waals surface area contributed by atoms with Gasteiger partial charge in [-0.05, 0) is 58.8 Å². The Labute approximate surface area is 135 Å². The highest BCUT2D eigenvalue weighted by Gasteiger charge is 2.10. The SMILES string of the molecule is CCCCCC(Nc1ccc(I)cc1)c1ccccc1. The molecule has 0 radical (unpaired) electrons. The number of anilines is 1. The van der Waals surface area contributed by atoms with E-state index in [2.05, 4.69) is 89.4 Å². The predicted octanol–water partition coefficient (Wildman–Crippen LogP) is 6.02. The van der Waals surface area contributed by atoms with Crippen LogP contribution in [0.3, 0.4) is 0 Å². The molecule has 0 amide bonds. The molecule has 0 bridgehead atoms. The number of benzene rings is 2. The Morgan fingerprint density at radius 2 is 1.65 bits per heavy atom. The van der Waals surface area contributed by atoms with Crippen LogP contribution in [0.15, 0.2) is 54.6 Å². The summed E-state index contributed by atoms with van der Waals surface area (Å²) in [5.41, 5.74) is 2.58. The van der Waals surface area contributed by atoms with Gasteiger partial charge in [-0.1, -0.05) is 56.5 Å². The van der Waals surface area contributed by atoms with Crippen molar-refractivity contribution in [1.29, 1.82) is 0 Å². The fraction of sp³-hybridized carbons (Fsp3) is 0.333. The highest BCUT2D eigenvalue weighted by atomic mass is 127. The topological polar surface area (TPSA) is 12.0 Å². The summed E-state index contributed by atoms with van der Waals surface area (Å²) in [6.45, 7) is 2.25.